The number of fused-ring (bicyclic) bond motifs is 1. The van der Waals surface area contributed by atoms with E-state index in [1.54, 1.807) is 6.20 Å². The quantitative estimate of drug-likeness (QED) is 0.156. The molecule has 3 aromatic carbocycles. The van der Waals surface area contributed by atoms with Crippen molar-refractivity contribution in [1.29, 1.82) is 0 Å². The second-order valence-corrected chi connectivity index (χ2v) is 12.2. The van der Waals surface area contributed by atoms with E-state index in [2.05, 4.69) is 64.9 Å². The van der Waals surface area contributed by atoms with Crippen molar-refractivity contribution in [2.75, 3.05) is 31.1 Å². The zero-order valence-corrected chi connectivity index (χ0v) is 26.8. The molecule has 2 amide bonds. The van der Waals surface area contributed by atoms with Gasteiger partial charge in [0, 0.05) is 49.0 Å². The summed E-state index contributed by atoms with van der Waals surface area (Å²) in [4.78, 5) is 44.0. The topological polar surface area (TPSA) is 151 Å². The minimum atomic E-state index is -0.705. The van der Waals surface area contributed by atoms with Crippen molar-refractivity contribution >= 4 is 28.5 Å². The molecule has 1 unspecified atom stereocenters. The molecule has 3 heterocycles. The highest BCUT2D eigenvalue weighted by Gasteiger charge is 2.29. The van der Waals surface area contributed by atoms with Gasteiger partial charge in [-0.05, 0) is 62.6 Å². The largest absolute Gasteiger partial charge is 0.386 e. The molecule has 47 heavy (non-hydrogen) atoms. The minimum Gasteiger partial charge on any atom is -0.386 e. The van der Waals surface area contributed by atoms with Crippen LogP contribution in [0.1, 0.15) is 41.7 Å². The molecule has 0 radical (unpaired) electrons. The Balaban J connectivity index is 1.32. The van der Waals surface area contributed by atoms with E-state index >= 15 is 0 Å². The number of aryl methyl sites for hydroxylation is 1. The van der Waals surface area contributed by atoms with Crippen LogP contribution < -0.4 is 21.7 Å². The van der Waals surface area contributed by atoms with Gasteiger partial charge in [0.1, 0.15) is 17.6 Å². The minimum absolute atomic E-state index is 0.0498. The van der Waals surface area contributed by atoms with Gasteiger partial charge in [0.05, 0.1) is 23.1 Å². The number of anilines is 1. The van der Waals surface area contributed by atoms with E-state index in [1.807, 2.05) is 58.0 Å². The molecule has 5 aromatic rings. The van der Waals surface area contributed by atoms with Crippen molar-refractivity contribution in [3.05, 3.63) is 103 Å². The van der Waals surface area contributed by atoms with Crippen LogP contribution in [0.5, 0.6) is 0 Å². The monoisotopic (exact) mass is 631 g/mol. The van der Waals surface area contributed by atoms with Gasteiger partial charge in [-0.2, -0.15) is 0 Å². The van der Waals surface area contributed by atoms with Crippen molar-refractivity contribution < 1.29 is 9.59 Å². The molecule has 1 saturated heterocycles. The third kappa shape index (κ3) is 6.69. The van der Waals surface area contributed by atoms with E-state index in [4.69, 9.17) is 16.5 Å². The molecule has 2 aromatic heterocycles. The van der Waals surface area contributed by atoms with Gasteiger partial charge in [-0.3, -0.25) is 9.59 Å². The summed E-state index contributed by atoms with van der Waals surface area (Å²) < 4.78 is 1.86. The van der Waals surface area contributed by atoms with Crippen LogP contribution in [0.4, 0.5) is 5.69 Å². The number of benzene rings is 3. The number of aromatic amines is 1. The standard InChI is InChI=1S/C36H41N9O2/c1-23-9-7-12-28(19-23)44-18-17-43(22-24(44)2)36(47)27-14-15-31-29(20-27)42-35(30-21-40-34(41-30)26-10-5-4-6-11-26)45(31)32(33(38)46)13-8-16-39-25(3)37/h4-7,9-12,14-15,19-21,24,32,39H,3,8,13,16-18,22,37H2,1-2H3,(H2,38,46)(H,40,41)/t24?,32-/m0/s1. The van der Waals surface area contributed by atoms with Crippen LogP contribution in [0.25, 0.3) is 33.9 Å². The Morgan fingerprint density at radius 2 is 1.87 bits per heavy atom. The van der Waals surface area contributed by atoms with E-state index in [0.717, 1.165) is 12.1 Å². The summed E-state index contributed by atoms with van der Waals surface area (Å²) in [6, 6.07) is 23.2. The summed E-state index contributed by atoms with van der Waals surface area (Å²) in [7, 11) is 0. The lowest BCUT2D eigenvalue weighted by atomic mass is 10.1. The predicted molar refractivity (Wildman–Crippen MR) is 185 cm³/mol. The van der Waals surface area contributed by atoms with Crippen LogP contribution in [0.2, 0.25) is 0 Å². The molecule has 11 heteroatoms. The zero-order valence-electron chi connectivity index (χ0n) is 26.8. The highest BCUT2D eigenvalue weighted by Crippen LogP contribution is 2.32. The first kappa shape index (κ1) is 31.4. The number of hydrogen-bond donors (Lipinski definition) is 4. The highest BCUT2D eigenvalue weighted by atomic mass is 16.2. The summed E-state index contributed by atoms with van der Waals surface area (Å²) in [6.45, 7) is 10.4. The second-order valence-electron chi connectivity index (χ2n) is 12.2. The number of carbonyl (C=O) groups is 2. The number of nitrogens with one attached hydrogen (secondary N) is 2. The number of nitrogens with two attached hydrogens (primary N) is 2. The van der Waals surface area contributed by atoms with Crippen molar-refractivity contribution in [3.63, 3.8) is 0 Å². The van der Waals surface area contributed by atoms with E-state index < -0.39 is 11.9 Å². The number of rotatable bonds is 11. The Labute approximate surface area is 274 Å². The molecule has 1 fully saturated rings. The fourth-order valence-electron chi connectivity index (χ4n) is 6.37. The average molecular weight is 632 g/mol. The van der Waals surface area contributed by atoms with Gasteiger partial charge in [0.25, 0.3) is 5.91 Å². The predicted octanol–water partition coefficient (Wildman–Crippen LogP) is 4.58. The van der Waals surface area contributed by atoms with Gasteiger partial charge in [-0.25, -0.2) is 9.97 Å². The lowest BCUT2D eigenvalue weighted by molar-refractivity contribution is -0.121. The van der Waals surface area contributed by atoms with E-state index in [0.29, 0.717) is 72.2 Å². The number of carbonyl (C=O) groups excluding carboxylic acids is 2. The smallest absolute Gasteiger partial charge is 0.254 e. The second kappa shape index (κ2) is 13.4. The maximum atomic E-state index is 13.8. The number of nitrogens with zero attached hydrogens (tertiary/aromatic N) is 5. The number of hydrogen-bond acceptors (Lipinski definition) is 7. The number of imidazole rings is 2. The number of aromatic nitrogens is 4. The van der Waals surface area contributed by atoms with Crippen LogP contribution >= 0.6 is 0 Å². The SMILES string of the molecule is C=C(N)NCCC[C@@H](C(N)=O)n1c(-c2cnc(-c3ccccc3)[nH]2)nc2cc(C(=O)N3CCN(c4cccc(C)c4)C(C)C3)ccc21. The zero-order chi connectivity index (χ0) is 33.1. The van der Waals surface area contributed by atoms with Gasteiger partial charge in [-0.1, -0.05) is 49.0 Å². The Kier molecular flexibility index (Phi) is 8.97. The Morgan fingerprint density at radius 3 is 2.60 bits per heavy atom. The first-order valence-electron chi connectivity index (χ1n) is 15.9. The summed E-state index contributed by atoms with van der Waals surface area (Å²) >= 11 is 0. The van der Waals surface area contributed by atoms with Crippen LogP contribution in [-0.4, -0.2) is 68.5 Å². The fourth-order valence-corrected chi connectivity index (χ4v) is 6.37. The molecule has 2 atom stereocenters. The lowest BCUT2D eigenvalue weighted by Gasteiger charge is -2.41. The molecule has 0 spiro atoms. The molecule has 1 aliphatic rings. The van der Waals surface area contributed by atoms with Crippen molar-refractivity contribution in [1.82, 2.24) is 29.7 Å². The third-order valence-corrected chi connectivity index (χ3v) is 8.69. The van der Waals surface area contributed by atoms with Crippen LogP contribution in [-0.2, 0) is 4.79 Å². The molecule has 0 bridgehead atoms. The molecule has 11 nitrogen and oxygen atoms in total. The third-order valence-electron chi connectivity index (χ3n) is 8.69. The Morgan fingerprint density at radius 1 is 1.06 bits per heavy atom. The molecule has 6 N–H and O–H groups in total. The van der Waals surface area contributed by atoms with Crippen molar-refractivity contribution in [2.24, 2.45) is 11.5 Å². The molecule has 6 rings (SSSR count). The van der Waals surface area contributed by atoms with Gasteiger partial charge in [-0.15, -0.1) is 0 Å². The van der Waals surface area contributed by atoms with Gasteiger partial charge >= 0.3 is 0 Å². The summed E-state index contributed by atoms with van der Waals surface area (Å²) in [6.07, 6.45) is 2.77. The number of amides is 2. The molecule has 0 aliphatic carbocycles. The highest BCUT2D eigenvalue weighted by molar-refractivity contribution is 5.98. The molecular weight excluding hydrogens is 590 g/mol. The number of piperazine rings is 1. The van der Waals surface area contributed by atoms with Gasteiger partial charge in [0.15, 0.2) is 5.82 Å². The van der Waals surface area contributed by atoms with Crippen molar-refractivity contribution in [3.8, 4) is 22.9 Å². The Hall–Kier alpha value is -5.58. The molecular formula is C36H41N9O2. The van der Waals surface area contributed by atoms with Gasteiger partial charge < -0.3 is 36.1 Å². The van der Waals surface area contributed by atoms with E-state index in [-0.39, 0.29) is 11.9 Å². The number of H-pyrrole nitrogens is 1. The van der Waals surface area contributed by atoms with Crippen LogP contribution in [0, 0.1) is 6.92 Å². The molecule has 242 valence electrons. The first-order valence-corrected chi connectivity index (χ1v) is 15.9. The summed E-state index contributed by atoms with van der Waals surface area (Å²) in [5.41, 5.74) is 17.5. The van der Waals surface area contributed by atoms with Crippen molar-refractivity contribution in [2.45, 2.75) is 38.8 Å². The van der Waals surface area contributed by atoms with E-state index in [1.165, 1.54) is 11.3 Å². The molecule has 0 saturated carbocycles. The first-order chi connectivity index (χ1) is 22.7. The summed E-state index contributed by atoms with van der Waals surface area (Å²) in [5.74, 6) is 1.02. The van der Waals surface area contributed by atoms with Gasteiger partial charge in [0.2, 0.25) is 5.91 Å². The van der Waals surface area contributed by atoms with Crippen LogP contribution in [0.15, 0.2) is 91.4 Å². The lowest BCUT2D eigenvalue weighted by Crippen LogP contribution is -2.53. The van der Waals surface area contributed by atoms with E-state index in [9.17, 15) is 9.59 Å². The summed E-state index contributed by atoms with van der Waals surface area (Å²) in [5, 5.41) is 3.00. The average Bonchev–Trinajstić information content (AvgIpc) is 3.70. The van der Waals surface area contributed by atoms with Crippen LogP contribution in [0.3, 0.4) is 0 Å². The maximum absolute atomic E-state index is 13.8. The molecule has 1 aliphatic heterocycles. The fraction of sp³-hybridized carbons (Fsp3) is 0.278. The maximum Gasteiger partial charge on any atom is 0.254 e. The Bertz CT molecular complexity index is 1910. The number of primary amides is 1. The normalized spacial score (nSPS) is 15.5.